The molecule has 0 saturated heterocycles. The Morgan fingerprint density at radius 1 is 1.05 bits per heavy atom. The fourth-order valence-electron chi connectivity index (χ4n) is 1.89. The first-order valence-corrected chi connectivity index (χ1v) is 6.70. The Morgan fingerprint density at radius 3 is 2.48 bits per heavy atom. The van der Waals surface area contributed by atoms with Crippen LogP contribution in [0.15, 0.2) is 53.3 Å². The summed E-state index contributed by atoms with van der Waals surface area (Å²) in [5, 5.41) is 3.97. The Kier molecular flexibility index (Phi) is 3.64. The summed E-state index contributed by atoms with van der Waals surface area (Å²) in [6, 6.07) is 11.5. The largest absolute Gasteiger partial charge is 0.481 e. The standard InChI is InChI=1S/C16H15N3O2/c1-11-3-5-14(6-4-11)20-12(2)16-18-15(19-21-16)13-7-9-17-10-8-13/h3-10,12H,1-2H3/t12-/m0/s1. The van der Waals surface area contributed by atoms with Crippen molar-refractivity contribution in [1.82, 2.24) is 15.1 Å². The molecule has 0 radical (unpaired) electrons. The summed E-state index contributed by atoms with van der Waals surface area (Å²) in [5.41, 5.74) is 2.05. The third-order valence-corrected chi connectivity index (χ3v) is 3.06. The zero-order valence-electron chi connectivity index (χ0n) is 11.9. The molecule has 5 heteroatoms. The normalized spacial score (nSPS) is 12.1. The molecule has 1 aromatic carbocycles. The molecule has 0 saturated carbocycles. The number of nitrogens with zero attached hydrogens (tertiary/aromatic N) is 3. The first-order chi connectivity index (χ1) is 10.2. The molecule has 106 valence electrons. The van der Waals surface area contributed by atoms with Crippen molar-refractivity contribution in [2.24, 2.45) is 0 Å². The van der Waals surface area contributed by atoms with E-state index >= 15 is 0 Å². The summed E-state index contributed by atoms with van der Waals surface area (Å²) < 4.78 is 11.1. The maximum Gasteiger partial charge on any atom is 0.267 e. The van der Waals surface area contributed by atoms with Crippen LogP contribution >= 0.6 is 0 Å². The molecule has 0 aliphatic heterocycles. The summed E-state index contributed by atoms with van der Waals surface area (Å²) in [6.45, 7) is 3.91. The number of hydrogen-bond acceptors (Lipinski definition) is 5. The summed E-state index contributed by atoms with van der Waals surface area (Å²) >= 11 is 0. The minimum Gasteiger partial charge on any atom is -0.481 e. The SMILES string of the molecule is Cc1ccc(O[C@@H](C)c2nc(-c3ccncc3)no2)cc1. The van der Waals surface area contributed by atoms with Crippen molar-refractivity contribution in [3.63, 3.8) is 0 Å². The van der Waals surface area contributed by atoms with E-state index in [0.29, 0.717) is 11.7 Å². The van der Waals surface area contributed by atoms with Crippen LogP contribution in [0.4, 0.5) is 0 Å². The number of pyridine rings is 1. The van der Waals surface area contributed by atoms with Crippen LogP contribution in [0.5, 0.6) is 5.75 Å². The molecule has 0 N–H and O–H groups in total. The second-order valence-corrected chi connectivity index (χ2v) is 4.77. The van der Waals surface area contributed by atoms with Gasteiger partial charge in [-0.25, -0.2) is 0 Å². The van der Waals surface area contributed by atoms with Crippen LogP contribution in [0, 0.1) is 6.92 Å². The van der Waals surface area contributed by atoms with E-state index in [2.05, 4.69) is 15.1 Å². The zero-order chi connectivity index (χ0) is 14.7. The Morgan fingerprint density at radius 2 is 1.76 bits per heavy atom. The number of aryl methyl sites for hydroxylation is 1. The number of benzene rings is 1. The van der Waals surface area contributed by atoms with Crippen molar-refractivity contribution in [2.75, 3.05) is 0 Å². The van der Waals surface area contributed by atoms with Gasteiger partial charge < -0.3 is 9.26 Å². The molecular formula is C16H15N3O2. The van der Waals surface area contributed by atoms with Gasteiger partial charge in [-0.1, -0.05) is 22.9 Å². The molecule has 5 nitrogen and oxygen atoms in total. The Hall–Kier alpha value is -2.69. The van der Waals surface area contributed by atoms with E-state index < -0.39 is 0 Å². The highest BCUT2D eigenvalue weighted by Crippen LogP contribution is 2.23. The van der Waals surface area contributed by atoms with E-state index in [-0.39, 0.29) is 6.10 Å². The minimum absolute atomic E-state index is 0.309. The van der Waals surface area contributed by atoms with E-state index in [0.717, 1.165) is 11.3 Å². The Labute approximate surface area is 122 Å². The van der Waals surface area contributed by atoms with Gasteiger partial charge in [0.2, 0.25) is 5.82 Å². The van der Waals surface area contributed by atoms with Gasteiger partial charge >= 0.3 is 0 Å². The van der Waals surface area contributed by atoms with Gasteiger partial charge in [0, 0.05) is 18.0 Å². The Balaban J connectivity index is 1.75. The molecule has 0 amide bonds. The van der Waals surface area contributed by atoms with E-state index in [1.165, 1.54) is 5.56 Å². The third kappa shape index (κ3) is 3.08. The maximum absolute atomic E-state index is 5.80. The topological polar surface area (TPSA) is 61.0 Å². The summed E-state index contributed by atoms with van der Waals surface area (Å²) in [6.07, 6.45) is 3.07. The van der Waals surface area contributed by atoms with Gasteiger partial charge in [0.05, 0.1) is 0 Å². The highest BCUT2D eigenvalue weighted by atomic mass is 16.5. The van der Waals surface area contributed by atoms with Crippen LogP contribution in [0.2, 0.25) is 0 Å². The summed E-state index contributed by atoms with van der Waals surface area (Å²) in [5.74, 6) is 1.76. The minimum atomic E-state index is -0.309. The lowest BCUT2D eigenvalue weighted by molar-refractivity contribution is 0.176. The van der Waals surface area contributed by atoms with Crippen molar-refractivity contribution >= 4 is 0 Å². The molecule has 0 fully saturated rings. The fourth-order valence-corrected chi connectivity index (χ4v) is 1.89. The quantitative estimate of drug-likeness (QED) is 0.731. The molecule has 2 heterocycles. The van der Waals surface area contributed by atoms with Crippen molar-refractivity contribution < 1.29 is 9.26 Å². The molecule has 3 rings (SSSR count). The van der Waals surface area contributed by atoms with Crippen molar-refractivity contribution in [1.29, 1.82) is 0 Å². The first kappa shape index (κ1) is 13.3. The lowest BCUT2D eigenvalue weighted by Crippen LogP contribution is -2.03. The van der Waals surface area contributed by atoms with Gasteiger partial charge in [0.1, 0.15) is 5.75 Å². The molecule has 0 unspecified atom stereocenters. The van der Waals surface area contributed by atoms with Crippen LogP contribution in [0.25, 0.3) is 11.4 Å². The van der Waals surface area contributed by atoms with Crippen LogP contribution < -0.4 is 4.74 Å². The molecule has 1 atom stereocenters. The van der Waals surface area contributed by atoms with Crippen LogP contribution in [0.3, 0.4) is 0 Å². The lowest BCUT2D eigenvalue weighted by atomic mass is 10.2. The predicted octanol–water partition coefficient (Wildman–Crippen LogP) is 3.58. The van der Waals surface area contributed by atoms with Gasteiger partial charge in [-0.05, 0) is 38.1 Å². The molecular weight excluding hydrogens is 266 g/mol. The third-order valence-electron chi connectivity index (χ3n) is 3.06. The van der Waals surface area contributed by atoms with Gasteiger partial charge in [-0.2, -0.15) is 4.98 Å². The molecule has 0 spiro atoms. The van der Waals surface area contributed by atoms with E-state index in [1.807, 2.05) is 50.2 Å². The monoisotopic (exact) mass is 281 g/mol. The number of aromatic nitrogens is 3. The maximum atomic E-state index is 5.80. The van der Waals surface area contributed by atoms with Crippen LogP contribution in [0.1, 0.15) is 24.5 Å². The molecule has 21 heavy (non-hydrogen) atoms. The smallest absolute Gasteiger partial charge is 0.267 e. The second-order valence-electron chi connectivity index (χ2n) is 4.77. The number of hydrogen-bond donors (Lipinski definition) is 0. The van der Waals surface area contributed by atoms with Crippen LogP contribution in [-0.2, 0) is 0 Å². The van der Waals surface area contributed by atoms with Crippen molar-refractivity contribution in [3.05, 3.63) is 60.2 Å². The predicted molar refractivity (Wildman–Crippen MR) is 77.8 cm³/mol. The first-order valence-electron chi connectivity index (χ1n) is 6.70. The molecule has 0 bridgehead atoms. The number of rotatable bonds is 4. The average molecular weight is 281 g/mol. The van der Waals surface area contributed by atoms with Crippen molar-refractivity contribution in [3.8, 4) is 17.1 Å². The second kappa shape index (κ2) is 5.75. The van der Waals surface area contributed by atoms with Gasteiger partial charge in [0.15, 0.2) is 6.10 Å². The molecule has 0 aliphatic carbocycles. The van der Waals surface area contributed by atoms with Crippen LogP contribution in [-0.4, -0.2) is 15.1 Å². The van der Waals surface area contributed by atoms with E-state index in [9.17, 15) is 0 Å². The van der Waals surface area contributed by atoms with E-state index in [4.69, 9.17) is 9.26 Å². The van der Waals surface area contributed by atoms with E-state index in [1.54, 1.807) is 12.4 Å². The molecule has 0 aliphatic rings. The fraction of sp³-hybridized carbons (Fsp3) is 0.188. The van der Waals surface area contributed by atoms with Gasteiger partial charge in [-0.15, -0.1) is 0 Å². The lowest BCUT2D eigenvalue weighted by Gasteiger charge is -2.10. The number of ether oxygens (including phenoxy) is 1. The zero-order valence-corrected chi connectivity index (χ0v) is 11.9. The van der Waals surface area contributed by atoms with Gasteiger partial charge in [0.25, 0.3) is 5.89 Å². The molecule has 2 aromatic heterocycles. The highest BCUT2D eigenvalue weighted by molar-refractivity contribution is 5.52. The molecule has 3 aromatic rings. The summed E-state index contributed by atoms with van der Waals surface area (Å²) in [4.78, 5) is 8.33. The highest BCUT2D eigenvalue weighted by Gasteiger charge is 2.16. The van der Waals surface area contributed by atoms with Gasteiger partial charge in [-0.3, -0.25) is 4.98 Å². The summed E-state index contributed by atoms with van der Waals surface area (Å²) in [7, 11) is 0. The Bertz CT molecular complexity index is 708. The van der Waals surface area contributed by atoms with Crippen molar-refractivity contribution in [2.45, 2.75) is 20.0 Å². The average Bonchev–Trinajstić information content (AvgIpc) is 3.00.